The molecule has 4 nitrogen and oxygen atoms in total. The summed E-state index contributed by atoms with van der Waals surface area (Å²) in [5, 5.41) is 3.37. The lowest BCUT2D eigenvalue weighted by molar-refractivity contribution is 0.0550. The number of ether oxygens (including phenoxy) is 2. The Balaban J connectivity index is 2.50. The Hall–Kier alpha value is -1.13. The van der Waals surface area contributed by atoms with Gasteiger partial charge in [0.15, 0.2) is 0 Å². The molecule has 0 aliphatic heterocycles. The second kappa shape index (κ2) is 8.88. The fourth-order valence-corrected chi connectivity index (χ4v) is 1.67. The van der Waals surface area contributed by atoms with Crippen LogP contribution in [0.1, 0.15) is 38.4 Å². The second-order valence-electron chi connectivity index (χ2n) is 4.88. The van der Waals surface area contributed by atoms with Gasteiger partial charge in [-0.2, -0.15) is 0 Å². The molecule has 0 saturated heterocycles. The fraction of sp³-hybridized carbons (Fsp3) is 0.667. The van der Waals surface area contributed by atoms with Crippen LogP contribution in [0.2, 0.25) is 0 Å². The van der Waals surface area contributed by atoms with Crippen molar-refractivity contribution in [1.29, 1.82) is 0 Å². The maximum atomic E-state index is 5.79. The molecule has 108 valence electrons. The maximum absolute atomic E-state index is 5.79. The van der Waals surface area contributed by atoms with Crippen LogP contribution in [0.3, 0.4) is 0 Å². The van der Waals surface area contributed by atoms with E-state index in [1.54, 1.807) is 0 Å². The maximum Gasteiger partial charge on any atom is 0.127 e. The van der Waals surface area contributed by atoms with Gasteiger partial charge in [0.1, 0.15) is 12.4 Å². The Kier molecular flexibility index (Phi) is 7.45. The topological polar surface area (TPSA) is 43.4 Å². The van der Waals surface area contributed by atoms with Crippen molar-refractivity contribution in [3.05, 3.63) is 23.5 Å². The zero-order valence-electron chi connectivity index (χ0n) is 12.5. The van der Waals surface area contributed by atoms with E-state index in [1.165, 1.54) is 0 Å². The Labute approximate surface area is 116 Å². The highest BCUT2D eigenvalue weighted by atomic mass is 16.5. The number of aryl methyl sites for hydroxylation is 1. The van der Waals surface area contributed by atoms with Gasteiger partial charge in [0, 0.05) is 30.1 Å². The predicted octanol–water partition coefficient (Wildman–Crippen LogP) is 2.69. The summed E-state index contributed by atoms with van der Waals surface area (Å²) in [6.07, 6.45) is 3.25. The van der Waals surface area contributed by atoms with E-state index >= 15 is 0 Å². The predicted molar refractivity (Wildman–Crippen MR) is 77.6 cm³/mol. The number of rotatable bonds is 9. The molecule has 0 spiro atoms. The molecule has 0 unspecified atom stereocenters. The molecule has 0 atom stereocenters. The van der Waals surface area contributed by atoms with Crippen molar-refractivity contribution in [2.75, 3.05) is 19.8 Å². The summed E-state index contributed by atoms with van der Waals surface area (Å²) in [7, 11) is 0. The molecular weight excluding hydrogens is 240 g/mol. The van der Waals surface area contributed by atoms with Crippen LogP contribution in [0.5, 0.6) is 5.75 Å². The van der Waals surface area contributed by atoms with E-state index in [9.17, 15) is 0 Å². The van der Waals surface area contributed by atoms with Crippen molar-refractivity contribution in [3.8, 4) is 5.75 Å². The van der Waals surface area contributed by atoms with Crippen LogP contribution < -0.4 is 10.1 Å². The summed E-state index contributed by atoms with van der Waals surface area (Å²) in [5.41, 5.74) is 2.07. The standard InChI is InChI=1S/C15H26N2O2/c1-5-6-16-10-14-11-17-13(4)9-15(14)19-8-7-18-12(2)3/h9,11-12,16H,5-8,10H2,1-4H3. The molecule has 0 amide bonds. The van der Waals surface area contributed by atoms with Crippen molar-refractivity contribution in [3.63, 3.8) is 0 Å². The van der Waals surface area contributed by atoms with Gasteiger partial charge in [-0.1, -0.05) is 6.92 Å². The molecule has 0 aromatic carbocycles. The summed E-state index contributed by atoms with van der Waals surface area (Å²) in [5.74, 6) is 0.906. The van der Waals surface area contributed by atoms with Crippen molar-refractivity contribution >= 4 is 0 Å². The van der Waals surface area contributed by atoms with Gasteiger partial charge in [0.05, 0.1) is 12.7 Å². The lowest BCUT2D eigenvalue weighted by Crippen LogP contribution is -2.16. The van der Waals surface area contributed by atoms with Gasteiger partial charge in [-0.3, -0.25) is 4.98 Å². The SMILES string of the molecule is CCCNCc1cnc(C)cc1OCCOC(C)C. The van der Waals surface area contributed by atoms with Crippen LogP contribution in [0.4, 0.5) is 0 Å². The zero-order valence-corrected chi connectivity index (χ0v) is 12.5. The summed E-state index contributed by atoms with van der Waals surface area (Å²) in [4.78, 5) is 4.32. The molecule has 1 N–H and O–H groups in total. The van der Waals surface area contributed by atoms with Crippen molar-refractivity contribution in [1.82, 2.24) is 10.3 Å². The molecule has 0 aliphatic carbocycles. The highest BCUT2D eigenvalue weighted by Crippen LogP contribution is 2.18. The Bertz CT molecular complexity index is 367. The number of nitrogens with one attached hydrogen (secondary N) is 1. The van der Waals surface area contributed by atoms with E-state index in [0.717, 1.165) is 36.5 Å². The molecule has 1 aromatic heterocycles. The molecule has 19 heavy (non-hydrogen) atoms. The van der Waals surface area contributed by atoms with E-state index in [0.29, 0.717) is 13.2 Å². The Morgan fingerprint density at radius 1 is 1.32 bits per heavy atom. The van der Waals surface area contributed by atoms with Crippen molar-refractivity contribution in [2.45, 2.75) is 46.8 Å². The van der Waals surface area contributed by atoms with Gasteiger partial charge in [-0.05, 0) is 33.7 Å². The average molecular weight is 266 g/mol. The van der Waals surface area contributed by atoms with Gasteiger partial charge in [-0.25, -0.2) is 0 Å². The van der Waals surface area contributed by atoms with Crippen molar-refractivity contribution in [2.24, 2.45) is 0 Å². The lowest BCUT2D eigenvalue weighted by atomic mass is 10.2. The third-order valence-electron chi connectivity index (χ3n) is 2.61. The largest absolute Gasteiger partial charge is 0.491 e. The Morgan fingerprint density at radius 2 is 2.11 bits per heavy atom. The number of nitrogens with zero attached hydrogens (tertiary/aromatic N) is 1. The normalized spacial score (nSPS) is 11.0. The molecule has 1 heterocycles. The molecular formula is C15H26N2O2. The number of hydrogen-bond acceptors (Lipinski definition) is 4. The molecule has 1 aromatic rings. The van der Waals surface area contributed by atoms with Crippen LogP contribution in [-0.4, -0.2) is 30.8 Å². The van der Waals surface area contributed by atoms with Crippen LogP contribution in [0.15, 0.2) is 12.3 Å². The third-order valence-corrected chi connectivity index (χ3v) is 2.61. The molecule has 0 aliphatic rings. The van der Waals surface area contributed by atoms with E-state index < -0.39 is 0 Å². The van der Waals surface area contributed by atoms with E-state index in [1.807, 2.05) is 33.0 Å². The second-order valence-corrected chi connectivity index (χ2v) is 4.88. The number of aromatic nitrogens is 1. The number of pyridine rings is 1. The van der Waals surface area contributed by atoms with E-state index in [-0.39, 0.29) is 6.10 Å². The molecule has 0 radical (unpaired) electrons. The van der Waals surface area contributed by atoms with Gasteiger partial charge in [0.2, 0.25) is 0 Å². The first kappa shape index (κ1) is 15.9. The lowest BCUT2D eigenvalue weighted by Gasteiger charge is -2.13. The Morgan fingerprint density at radius 3 is 2.79 bits per heavy atom. The van der Waals surface area contributed by atoms with Gasteiger partial charge in [0.25, 0.3) is 0 Å². The summed E-state index contributed by atoms with van der Waals surface area (Å²) in [6, 6.07) is 1.98. The van der Waals surface area contributed by atoms with Gasteiger partial charge < -0.3 is 14.8 Å². The first-order chi connectivity index (χ1) is 9.13. The van der Waals surface area contributed by atoms with Gasteiger partial charge in [-0.15, -0.1) is 0 Å². The van der Waals surface area contributed by atoms with Crippen molar-refractivity contribution < 1.29 is 9.47 Å². The minimum absolute atomic E-state index is 0.244. The van der Waals surface area contributed by atoms with E-state index in [2.05, 4.69) is 17.2 Å². The van der Waals surface area contributed by atoms with E-state index in [4.69, 9.17) is 9.47 Å². The summed E-state index contributed by atoms with van der Waals surface area (Å²) < 4.78 is 11.3. The first-order valence-electron chi connectivity index (χ1n) is 7.04. The van der Waals surface area contributed by atoms with Crippen LogP contribution in [0.25, 0.3) is 0 Å². The molecule has 1 rings (SSSR count). The minimum atomic E-state index is 0.244. The molecule has 0 saturated carbocycles. The molecule has 0 bridgehead atoms. The highest BCUT2D eigenvalue weighted by molar-refractivity contribution is 5.32. The monoisotopic (exact) mass is 266 g/mol. The highest BCUT2D eigenvalue weighted by Gasteiger charge is 2.05. The average Bonchev–Trinajstić information content (AvgIpc) is 2.37. The third kappa shape index (κ3) is 6.55. The van der Waals surface area contributed by atoms with Crippen LogP contribution in [0, 0.1) is 6.92 Å². The summed E-state index contributed by atoms with van der Waals surface area (Å²) in [6.45, 7) is 11.2. The fourth-order valence-electron chi connectivity index (χ4n) is 1.67. The first-order valence-corrected chi connectivity index (χ1v) is 7.04. The van der Waals surface area contributed by atoms with Crippen LogP contribution in [-0.2, 0) is 11.3 Å². The van der Waals surface area contributed by atoms with Gasteiger partial charge >= 0.3 is 0 Å². The minimum Gasteiger partial charge on any atom is -0.491 e. The smallest absolute Gasteiger partial charge is 0.127 e. The number of hydrogen-bond donors (Lipinski definition) is 1. The zero-order chi connectivity index (χ0) is 14.1. The quantitative estimate of drug-likeness (QED) is 0.698. The summed E-state index contributed by atoms with van der Waals surface area (Å²) >= 11 is 0. The molecule has 0 fully saturated rings. The van der Waals surface area contributed by atoms with Crippen LogP contribution >= 0.6 is 0 Å². The molecule has 4 heteroatoms.